The Balaban J connectivity index is 1.24. The van der Waals surface area contributed by atoms with Crippen molar-refractivity contribution in [2.45, 2.75) is 0 Å². The van der Waals surface area contributed by atoms with Gasteiger partial charge in [0.1, 0.15) is 0 Å². The molecule has 0 saturated heterocycles. The molecule has 0 unspecified atom stereocenters. The van der Waals surface area contributed by atoms with Gasteiger partial charge in [-0.15, -0.1) is 22.7 Å². The molecular weight excluding hydrogens is 659 g/mol. The molecule has 7 aromatic carbocycles. The first-order valence-electron chi connectivity index (χ1n) is 17.1. The van der Waals surface area contributed by atoms with Crippen LogP contribution in [-0.2, 0) is 0 Å². The average Bonchev–Trinajstić information content (AvgIpc) is 3.88. The quantitative estimate of drug-likeness (QED) is 0.185. The van der Waals surface area contributed by atoms with Gasteiger partial charge < -0.3 is 4.57 Å². The van der Waals surface area contributed by atoms with Crippen LogP contribution in [0.15, 0.2) is 164 Å². The summed E-state index contributed by atoms with van der Waals surface area (Å²) in [5.74, 6) is 0.716. The number of aromatic nitrogens is 3. The third-order valence-corrected chi connectivity index (χ3v) is 12.4. The Bertz CT molecular complexity index is 3050. The minimum absolute atomic E-state index is 0.716. The van der Waals surface area contributed by atoms with Crippen molar-refractivity contribution < 1.29 is 0 Å². The van der Waals surface area contributed by atoms with Gasteiger partial charge in [0.25, 0.3) is 0 Å². The first-order chi connectivity index (χ1) is 25.3. The summed E-state index contributed by atoms with van der Waals surface area (Å²) in [4.78, 5) is 10.2. The molecule has 11 rings (SSSR count). The third-order valence-electron chi connectivity index (χ3n) is 9.98. The van der Waals surface area contributed by atoms with Crippen molar-refractivity contribution >= 4 is 84.8 Å². The van der Waals surface area contributed by atoms with Crippen LogP contribution < -0.4 is 0 Å². The zero-order valence-electron chi connectivity index (χ0n) is 27.2. The predicted molar refractivity (Wildman–Crippen MR) is 218 cm³/mol. The molecule has 238 valence electrons. The van der Waals surface area contributed by atoms with E-state index in [0.29, 0.717) is 5.82 Å². The SMILES string of the molecule is c1ccc(-c2cc(-c3cccc(-n4c5ccccc5c5c6sc7ccccc7c6c6sc7ccccc7c6c54)c3)nc(-c3ccccc3)n2)cc1. The molecule has 0 radical (unpaired) electrons. The van der Waals surface area contributed by atoms with Gasteiger partial charge in [0.2, 0.25) is 0 Å². The van der Waals surface area contributed by atoms with Crippen LogP contribution >= 0.6 is 22.7 Å². The van der Waals surface area contributed by atoms with Gasteiger partial charge in [-0.25, -0.2) is 9.97 Å². The van der Waals surface area contributed by atoms with Crippen LogP contribution in [-0.4, -0.2) is 14.5 Å². The number of benzene rings is 7. The van der Waals surface area contributed by atoms with Gasteiger partial charge in [-0.05, 0) is 36.4 Å². The molecule has 0 bridgehead atoms. The lowest BCUT2D eigenvalue weighted by Gasteiger charge is -2.13. The lowest BCUT2D eigenvalue weighted by Crippen LogP contribution is -1.98. The normalized spacial score (nSPS) is 11.9. The summed E-state index contributed by atoms with van der Waals surface area (Å²) in [5, 5.41) is 7.92. The van der Waals surface area contributed by atoms with E-state index >= 15 is 0 Å². The summed E-state index contributed by atoms with van der Waals surface area (Å²) < 4.78 is 7.84. The molecule has 0 aliphatic carbocycles. The molecule has 0 saturated carbocycles. The smallest absolute Gasteiger partial charge is 0.160 e. The Kier molecular flexibility index (Phi) is 6.29. The van der Waals surface area contributed by atoms with E-state index in [0.717, 1.165) is 33.8 Å². The van der Waals surface area contributed by atoms with Crippen molar-refractivity contribution in [3.8, 4) is 39.6 Å². The van der Waals surface area contributed by atoms with Crippen LogP contribution in [0.5, 0.6) is 0 Å². The second-order valence-electron chi connectivity index (χ2n) is 12.9. The zero-order chi connectivity index (χ0) is 33.5. The standard InChI is InChI=1S/C46H27N3S2/c1-3-14-28(15-4-1)35-27-36(48-46(47-35)29-16-5-2-6-17-29)30-18-13-19-31(26-30)49-37-23-10-7-20-32(37)40-43(49)41-33-21-8-11-24-38(33)50-45(41)42-34-22-9-12-25-39(34)51-44(40)42/h1-27H. The number of hydrogen-bond donors (Lipinski definition) is 0. The fourth-order valence-corrected chi connectivity index (χ4v) is 10.4. The minimum atomic E-state index is 0.716. The number of fused-ring (bicyclic) bond motifs is 12. The van der Waals surface area contributed by atoms with E-state index in [-0.39, 0.29) is 0 Å². The fraction of sp³-hybridized carbons (Fsp3) is 0. The Hall–Kier alpha value is -6.14. The number of hydrogen-bond acceptors (Lipinski definition) is 4. The highest BCUT2D eigenvalue weighted by molar-refractivity contribution is 7.30. The van der Waals surface area contributed by atoms with E-state index in [1.54, 1.807) is 0 Å². The summed E-state index contributed by atoms with van der Waals surface area (Å²) in [5.41, 5.74) is 8.47. The monoisotopic (exact) mass is 685 g/mol. The number of rotatable bonds is 4. The maximum absolute atomic E-state index is 5.18. The number of para-hydroxylation sites is 1. The molecule has 3 nitrogen and oxygen atoms in total. The summed E-state index contributed by atoms with van der Waals surface area (Å²) >= 11 is 3.83. The summed E-state index contributed by atoms with van der Waals surface area (Å²) in [6.45, 7) is 0. The highest BCUT2D eigenvalue weighted by Crippen LogP contribution is 2.52. The molecule has 4 aromatic heterocycles. The Morgan fingerprint density at radius 2 is 0.941 bits per heavy atom. The summed E-state index contributed by atoms with van der Waals surface area (Å²) in [6.07, 6.45) is 0. The van der Waals surface area contributed by atoms with E-state index in [1.807, 2.05) is 46.9 Å². The molecule has 11 aromatic rings. The van der Waals surface area contributed by atoms with Gasteiger partial charge in [0.05, 0.1) is 22.4 Å². The van der Waals surface area contributed by atoms with Crippen molar-refractivity contribution in [3.63, 3.8) is 0 Å². The topological polar surface area (TPSA) is 30.7 Å². The Morgan fingerprint density at radius 3 is 1.65 bits per heavy atom. The molecule has 0 aliphatic rings. The molecule has 5 heteroatoms. The van der Waals surface area contributed by atoms with Crippen LogP contribution in [0.3, 0.4) is 0 Å². The molecule has 0 amide bonds. The first kappa shape index (κ1) is 28.7. The molecule has 0 fully saturated rings. The van der Waals surface area contributed by atoms with Gasteiger partial charge in [-0.3, -0.25) is 0 Å². The highest BCUT2D eigenvalue weighted by Gasteiger charge is 2.24. The largest absolute Gasteiger partial charge is 0.308 e. The highest BCUT2D eigenvalue weighted by atomic mass is 32.1. The summed E-state index contributed by atoms with van der Waals surface area (Å²) in [7, 11) is 0. The Labute approximate surface area is 301 Å². The molecule has 0 aliphatic heterocycles. The van der Waals surface area contributed by atoms with Gasteiger partial charge in [0.15, 0.2) is 5.82 Å². The van der Waals surface area contributed by atoms with Crippen molar-refractivity contribution in [2.75, 3.05) is 0 Å². The van der Waals surface area contributed by atoms with Crippen molar-refractivity contribution in [3.05, 3.63) is 164 Å². The van der Waals surface area contributed by atoms with Crippen molar-refractivity contribution in [2.24, 2.45) is 0 Å². The van der Waals surface area contributed by atoms with E-state index in [9.17, 15) is 0 Å². The van der Waals surface area contributed by atoms with Crippen LogP contribution in [0.1, 0.15) is 0 Å². The van der Waals surface area contributed by atoms with Crippen LogP contribution in [0.25, 0.3) is 102 Å². The molecule has 51 heavy (non-hydrogen) atoms. The maximum atomic E-state index is 5.18. The van der Waals surface area contributed by atoms with Crippen LogP contribution in [0, 0.1) is 0 Å². The van der Waals surface area contributed by atoms with E-state index in [4.69, 9.17) is 9.97 Å². The molecular formula is C46H27N3S2. The second-order valence-corrected chi connectivity index (χ2v) is 15.0. The number of nitrogens with zero attached hydrogens (tertiary/aromatic N) is 3. The molecule has 0 N–H and O–H groups in total. The van der Waals surface area contributed by atoms with Gasteiger partial charge in [0, 0.05) is 73.5 Å². The summed E-state index contributed by atoms with van der Waals surface area (Å²) in [6, 6.07) is 58.3. The average molecular weight is 686 g/mol. The second kappa shape index (κ2) is 11.2. The predicted octanol–water partition coefficient (Wildman–Crippen LogP) is 13.3. The molecule has 4 heterocycles. The van der Waals surface area contributed by atoms with Crippen molar-refractivity contribution in [1.29, 1.82) is 0 Å². The van der Waals surface area contributed by atoms with Crippen LogP contribution in [0.2, 0.25) is 0 Å². The van der Waals surface area contributed by atoms with Crippen LogP contribution in [0.4, 0.5) is 0 Å². The lowest BCUT2D eigenvalue weighted by atomic mass is 10.0. The van der Waals surface area contributed by atoms with E-state index in [2.05, 4.69) is 144 Å². The fourth-order valence-electron chi connectivity index (χ4n) is 7.75. The van der Waals surface area contributed by atoms with Gasteiger partial charge >= 0.3 is 0 Å². The van der Waals surface area contributed by atoms with Gasteiger partial charge in [-0.1, -0.05) is 127 Å². The molecule has 0 spiro atoms. The first-order valence-corrected chi connectivity index (χ1v) is 18.7. The zero-order valence-corrected chi connectivity index (χ0v) is 28.9. The third kappa shape index (κ3) is 4.35. The Morgan fingerprint density at radius 1 is 0.412 bits per heavy atom. The van der Waals surface area contributed by atoms with Gasteiger partial charge in [-0.2, -0.15) is 0 Å². The van der Waals surface area contributed by atoms with E-state index < -0.39 is 0 Å². The lowest BCUT2D eigenvalue weighted by molar-refractivity contribution is 1.17. The van der Waals surface area contributed by atoms with Crippen molar-refractivity contribution in [1.82, 2.24) is 14.5 Å². The maximum Gasteiger partial charge on any atom is 0.160 e. The number of thiophene rings is 2. The molecule has 0 atom stereocenters. The van der Waals surface area contributed by atoms with E-state index in [1.165, 1.54) is 62.2 Å². The minimum Gasteiger partial charge on any atom is -0.308 e.